The van der Waals surface area contributed by atoms with Crippen molar-refractivity contribution in [3.8, 4) is 50.2 Å². The van der Waals surface area contributed by atoms with Crippen LogP contribution in [-0.4, -0.2) is 4.57 Å². The van der Waals surface area contributed by atoms with Crippen molar-refractivity contribution in [2.75, 3.05) is 4.90 Å². The van der Waals surface area contributed by atoms with E-state index in [9.17, 15) is 0 Å². The van der Waals surface area contributed by atoms with Crippen LogP contribution in [0.2, 0.25) is 0 Å². The van der Waals surface area contributed by atoms with Crippen LogP contribution >= 0.6 is 0 Å². The average molecular weight is 951 g/mol. The second kappa shape index (κ2) is 21.0. The molecule has 0 atom stereocenters. The number of aryl methyl sites for hydroxylation is 3. The Bertz CT molecular complexity index is 3530. The predicted octanol–water partition coefficient (Wildman–Crippen LogP) is 20.6. The summed E-state index contributed by atoms with van der Waals surface area (Å²) in [6.07, 6.45) is 14.7. The molecule has 0 bridgehead atoms. The van der Waals surface area contributed by atoms with Gasteiger partial charge >= 0.3 is 0 Å². The second-order valence-electron chi connectivity index (χ2n) is 21.4. The number of anilines is 3. The lowest BCUT2D eigenvalue weighted by Crippen LogP contribution is -2.16. The minimum Gasteiger partial charge on any atom is -0.310 e. The van der Waals surface area contributed by atoms with Crippen LogP contribution in [0, 0.1) is 13.8 Å². The van der Waals surface area contributed by atoms with E-state index < -0.39 is 0 Å². The number of para-hydroxylation sites is 1. The SMILES string of the molecule is CCCCCCCCCCCCc1cc(C)ccc1-c1cc(C)cc(-n2c3ccccc3c3ccc(-c4ccc(N(c5ccc(-c6ccccc6)cc5)c5ccc6c(c5)C(C)(C)c5ccccc5-6)cc4)cc32)c1. The summed E-state index contributed by atoms with van der Waals surface area (Å²) in [4.78, 5) is 2.42. The van der Waals surface area contributed by atoms with Gasteiger partial charge in [0.25, 0.3) is 0 Å². The largest absolute Gasteiger partial charge is 0.310 e. The molecule has 0 N–H and O–H groups in total. The highest BCUT2D eigenvalue weighted by molar-refractivity contribution is 6.10. The first kappa shape index (κ1) is 47.9. The Hall–Kier alpha value is -7.42. The second-order valence-corrected chi connectivity index (χ2v) is 21.4. The fourth-order valence-electron chi connectivity index (χ4n) is 12.0. The Morgan fingerprint density at radius 1 is 0.384 bits per heavy atom. The third-order valence-corrected chi connectivity index (χ3v) is 15.9. The van der Waals surface area contributed by atoms with Crippen LogP contribution in [0.25, 0.3) is 72.0 Å². The molecule has 73 heavy (non-hydrogen) atoms. The van der Waals surface area contributed by atoms with Gasteiger partial charge in [-0.05, 0) is 154 Å². The Morgan fingerprint density at radius 2 is 0.959 bits per heavy atom. The molecule has 0 saturated carbocycles. The molecule has 0 fully saturated rings. The van der Waals surface area contributed by atoms with Crippen LogP contribution in [0.5, 0.6) is 0 Å². The van der Waals surface area contributed by atoms with Gasteiger partial charge in [-0.3, -0.25) is 0 Å². The van der Waals surface area contributed by atoms with Gasteiger partial charge in [-0.2, -0.15) is 0 Å². The zero-order valence-corrected chi connectivity index (χ0v) is 43.7. The molecule has 10 aromatic rings. The molecule has 1 heterocycles. The molecule has 1 aromatic heterocycles. The molecule has 364 valence electrons. The number of aromatic nitrogens is 1. The van der Waals surface area contributed by atoms with Crippen LogP contribution in [0.3, 0.4) is 0 Å². The van der Waals surface area contributed by atoms with Gasteiger partial charge in [0.2, 0.25) is 0 Å². The lowest BCUT2D eigenvalue weighted by atomic mass is 9.82. The molecule has 0 aliphatic heterocycles. The van der Waals surface area contributed by atoms with E-state index in [0.717, 1.165) is 23.5 Å². The highest BCUT2D eigenvalue weighted by atomic mass is 15.1. The maximum Gasteiger partial charge on any atom is 0.0547 e. The number of hydrogen-bond acceptors (Lipinski definition) is 1. The van der Waals surface area contributed by atoms with Crippen LogP contribution in [0.4, 0.5) is 17.1 Å². The molecule has 1 aliphatic rings. The van der Waals surface area contributed by atoms with Crippen molar-refractivity contribution >= 4 is 38.9 Å². The van der Waals surface area contributed by atoms with E-state index in [1.54, 1.807) is 0 Å². The van der Waals surface area contributed by atoms with Gasteiger partial charge in [0, 0.05) is 38.9 Å². The third-order valence-electron chi connectivity index (χ3n) is 15.9. The summed E-state index contributed by atoms with van der Waals surface area (Å²) in [5.74, 6) is 0. The summed E-state index contributed by atoms with van der Waals surface area (Å²) < 4.78 is 2.50. The molecule has 0 saturated heterocycles. The molecule has 0 amide bonds. The Kier molecular flexibility index (Phi) is 13.8. The average Bonchev–Trinajstić information content (AvgIpc) is 3.87. The van der Waals surface area contributed by atoms with Crippen LogP contribution in [-0.2, 0) is 11.8 Å². The fourth-order valence-corrected chi connectivity index (χ4v) is 12.0. The topological polar surface area (TPSA) is 8.17 Å². The van der Waals surface area contributed by atoms with Crippen molar-refractivity contribution < 1.29 is 0 Å². The first-order valence-corrected chi connectivity index (χ1v) is 27.3. The smallest absolute Gasteiger partial charge is 0.0547 e. The van der Waals surface area contributed by atoms with E-state index >= 15 is 0 Å². The highest BCUT2D eigenvalue weighted by Gasteiger charge is 2.35. The van der Waals surface area contributed by atoms with Crippen molar-refractivity contribution in [3.05, 3.63) is 228 Å². The number of unbranched alkanes of at least 4 members (excludes halogenated alkanes) is 9. The van der Waals surface area contributed by atoms with Gasteiger partial charge in [0.05, 0.1) is 11.0 Å². The molecule has 1 aliphatic carbocycles. The summed E-state index contributed by atoms with van der Waals surface area (Å²) in [5, 5.41) is 2.54. The van der Waals surface area contributed by atoms with Gasteiger partial charge in [-0.1, -0.05) is 224 Å². The summed E-state index contributed by atoms with van der Waals surface area (Å²) >= 11 is 0. The summed E-state index contributed by atoms with van der Waals surface area (Å²) in [5.41, 5.74) is 23.9. The van der Waals surface area contributed by atoms with Gasteiger partial charge in [0.1, 0.15) is 0 Å². The molecule has 0 unspecified atom stereocenters. The van der Waals surface area contributed by atoms with E-state index in [0.29, 0.717) is 0 Å². The van der Waals surface area contributed by atoms with Crippen LogP contribution in [0.1, 0.15) is 113 Å². The maximum atomic E-state index is 2.50. The Balaban J connectivity index is 0.921. The molecule has 2 heteroatoms. The van der Waals surface area contributed by atoms with Crippen molar-refractivity contribution in [2.45, 2.75) is 111 Å². The van der Waals surface area contributed by atoms with Gasteiger partial charge in [-0.15, -0.1) is 0 Å². The van der Waals surface area contributed by atoms with Crippen LogP contribution < -0.4 is 4.90 Å². The van der Waals surface area contributed by atoms with Gasteiger partial charge in [0.15, 0.2) is 0 Å². The minimum atomic E-state index is -0.106. The first-order chi connectivity index (χ1) is 35.7. The molecule has 0 spiro atoms. The van der Waals surface area contributed by atoms with Crippen LogP contribution in [0.15, 0.2) is 200 Å². The summed E-state index contributed by atoms with van der Waals surface area (Å²) in [7, 11) is 0. The lowest BCUT2D eigenvalue weighted by Gasteiger charge is -2.28. The normalized spacial score (nSPS) is 12.6. The summed E-state index contributed by atoms with van der Waals surface area (Å²) in [6, 6.07) is 75.2. The van der Waals surface area contributed by atoms with E-state index in [1.165, 1.54) is 164 Å². The fraction of sp³-hybridized carbons (Fsp3) is 0.239. The van der Waals surface area contributed by atoms with Gasteiger partial charge < -0.3 is 9.47 Å². The summed E-state index contributed by atoms with van der Waals surface area (Å²) in [6.45, 7) is 11.5. The zero-order valence-electron chi connectivity index (χ0n) is 43.7. The van der Waals surface area contributed by atoms with E-state index in [1.807, 2.05) is 0 Å². The number of hydrogen-bond donors (Lipinski definition) is 0. The molecular formula is C71H70N2. The number of rotatable bonds is 18. The number of benzene rings is 9. The monoisotopic (exact) mass is 951 g/mol. The lowest BCUT2D eigenvalue weighted by molar-refractivity contribution is 0.556. The van der Waals surface area contributed by atoms with Gasteiger partial charge in [-0.25, -0.2) is 0 Å². The number of nitrogens with zero attached hydrogens (tertiary/aromatic N) is 2. The molecule has 9 aromatic carbocycles. The van der Waals surface area contributed by atoms with Crippen molar-refractivity contribution in [2.24, 2.45) is 0 Å². The molecule has 11 rings (SSSR count). The standard InChI is InChI=1S/C71H70N2/c1-6-7-8-9-10-11-12-13-14-16-25-56-44-50(2)30-41-62(56)57-45-51(3)46-61(47-57)73-69-29-22-20-27-65(69)66-42-35-55(48-70(66)73)54-33-38-59(39-34-54)72(58-36-31-53(32-37-58)52-23-17-15-18-24-52)60-40-43-64-63-26-19-21-28-67(63)71(4,5)68(64)49-60/h15,17-24,26-49H,6-14,16,25H2,1-5H3. The van der Waals surface area contributed by atoms with Crippen molar-refractivity contribution in [1.82, 2.24) is 4.57 Å². The quantitative estimate of drug-likeness (QED) is 0.0778. The molecule has 2 nitrogen and oxygen atoms in total. The maximum absolute atomic E-state index is 2.50. The number of fused-ring (bicyclic) bond motifs is 6. The predicted molar refractivity (Wildman–Crippen MR) is 314 cm³/mol. The zero-order chi connectivity index (χ0) is 49.9. The molecule has 0 radical (unpaired) electrons. The Labute approximate surface area is 435 Å². The van der Waals surface area contributed by atoms with E-state index in [2.05, 4.69) is 244 Å². The minimum absolute atomic E-state index is 0.106. The van der Waals surface area contributed by atoms with E-state index in [-0.39, 0.29) is 5.41 Å². The Morgan fingerprint density at radius 3 is 1.70 bits per heavy atom. The van der Waals surface area contributed by atoms with Crippen molar-refractivity contribution in [3.63, 3.8) is 0 Å². The highest BCUT2D eigenvalue weighted by Crippen LogP contribution is 2.51. The third kappa shape index (κ3) is 9.69. The van der Waals surface area contributed by atoms with E-state index in [4.69, 9.17) is 0 Å². The first-order valence-electron chi connectivity index (χ1n) is 27.3. The van der Waals surface area contributed by atoms with Crippen molar-refractivity contribution in [1.29, 1.82) is 0 Å². The molecular weight excluding hydrogens is 881 g/mol.